The summed E-state index contributed by atoms with van der Waals surface area (Å²) >= 11 is 0. The molecule has 1 aromatic rings. The normalized spacial score (nSPS) is 23.4. The molecule has 0 saturated carbocycles. The van der Waals surface area contributed by atoms with Gasteiger partial charge in [-0.1, -0.05) is 0 Å². The monoisotopic (exact) mass is 319 g/mol. The van der Waals surface area contributed by atoms with Gasteiger partial charge >= 0.3 is 5.97 Å². The van der Waals surface area contributed by atoms with Crippen LogP contribution in [0.2, 0.25) is 0 Å². The molecule has 3 fully saturated rings. The van der Waals surface area contributed by atoms with Crippen LogP contribution in [-0.2, 0) is 4.74 Å². The number of ether oxygens (including phenoxy) is 2. The Morgan fingerprint density at radius 1 is 1.35 bits per heavy atom. The van der Waals surface area contributed by atoms with Crippen molar-refractivity contribution < 1.29 is 24.2 Å². The van der Waals surface area contributed by atoms with Crippen LogP contribution >= 0.6 is 0 Å². The maximum absolute atomic E-state index is 12.8. The van der Waals surface area contributed by atoms with Gasteiger partial charge in [0.15, 0.2) is 0 Å². The Hall–Kier alpha value is -2.08. The fraction of sp³-hybridized carbons (Fsp3) is 0.529. The van der Waals surface area contributed by atoms with Gasteiger partial charge in [-0.15, -0.1) is 0 Å². The Balaban J connectivity index is 1.84. The lowest BCUT2D eigenvalue weighted by molar-refractivity contribution is 0.00468. The number of nitrogens with zero attached hydrogens (tertiary/aromatic N) is 1. The summed E-state index contributed by atoms with van der Waals surface area (Å²) in [5, 5.41) is 9.19. The largest absolute Gasteiger partial charge is 0.493 e. The molecule has 6 heteroatoms. The van der Waals surface area contributed by atoms with E-state index in [0.29, 0.717) is 31.2 Å². The molecule has 4 rings (SSSR count). The number of hydrogen-bond donors (Lipinski definition) is 1. The van der Waals surface area contributed by atoms with Crippen LogP contribution in [0.25, 0.3) is 0 Å². The molecule has 2 unspecified atom stereocenters. The number of aromatic carboxylic acids is 1. The van der Waals surface area contributed by atoms with E-state index in [1.807, 2.05) is 4.90 Å². The zero-order valence-electron chi connectivity index (χ0n) is 13.2. The number of carboxylic acid groups (broad SMARTS) is 1. The Bertz CT molecular complexity index is 593. The molecule has 124 valence electrons. The molecule has 6 nitrogen and oxygen atoms in total. The third-order valence-corrected chi connectivity index (χ3v) is 4.41. The third-order valence-electron chi connectivity index (χ3n) is 4.41. The first-order valence-electron chi connectivity index (χ1n) is 7.99. The number of fused-ring (bicyclic) bond motifs is 4. The number of carboxylic acids is 1. The van der Waals surface area contributed by atoms with Crippen LogP contribution in [0, 0.1) is 5.92 Å². The Labute approximate surface area is 135 Å². The van der Waals surface area contributed by atoms with Crippen molar-refractivity contribution in [2.24, 2.45) is 5.92 Å². The lowest BCUT2D eigenvalue weighted by atomic mass is 10.0. The van der Waals surface area contributed by atoms with Gasteiger partial charge in [0.05, 0.1) is 19.3 Å². The molecule has 1 N–H and O–H groups in total. The van der Waals surface area contributed by atoms with E-state index in [1.54, 1.807) is 13.0 Å². The highest BCUT2D eigenvalue weighted by molar-refractivity contribution is 5.97. The number of benzene rings is 1. The van der Waals surface area contributed by atoms with E-state index in [-0.39, 0.29) is 23.3 Å². The summed E-state index contributed by atoms with van der Waals surface area (Å²) in [5.74, 6) is -0.527. The number of amides is 1. The lowest BCUT2D eigenvalue weighted by Crippen LogP contribution is -2.36. The van der Waals surface area contributed by atoms with E-state index in [9.17, 15) is 14.7 Å². The molecule has 3 heterocycles. The van der Waals surface area contributed by atoms with E-state index in [4.69, 9.17) is 9.47 Å². The summed E-state index contributed by atoms with van der Waals surface area (Å²) in [5.41, 5.74) is 0.530. The maximum Gasteiger partial charge on any atom is 0.339 e. The van der Waals surface area contributed by atoms with E-state index in [1.165, 1.54) is 12.1 Å². The highest BCUT2D eigenvalue weighted by Gasteiger charge is 2.33. The van der Waals surface area contributed by atoms with Crippen LogP contribution in [0.3, 0.4) is 0 Å². The van der Waals surface area contributed by atoms with E-state index in [2.05, 4.69) is 0 Å². The minimum Gasteiger partial charge on any atom is -0.493 e. The van der Waals surface area contributed by atoms with E-state index < -0.39 is 5.97 Å². The van der Waals surface area contributed by atoms with Gasteiger partial charge in [-0.3, -0.25) is 4.79 Å². The lowest BCUT2D eigenvalue weighted by Gasteiger charge is -2.22. The van der Waals surface area contributed by atoms with Crippen molar-refractivity contribution in [1.29, 1.82) is 0 Å². The molecule has 0 spiro atoms. The number of carbonyl (C=O) groups excluding carboxylic acids is 1. The Morgan fingerprint density at radius 3 is 2.83 bits per heavy atom. The summed E-state index contributed by atoms with van der Waals surface area (Å²) in [6.07, 6.45) is 2.20. The second-order valence-corrected chi connectivity index (χ2v) is 6.06. The molecule has 23 heavy (non-hydrogen) atoms. The summed E-state index contributed by atoms with van der Waals surface area (Å²) in [4.78, 5) is 25.8. The van der Waals surface area contributed by atoms with Crippen molar-refractivity contribution in [2.75, 3.05) is 26.3 Å². The first-order valence-corrected chi connectivity index (χ1v) is 7.99. The van der Waals surface area contributed by atoms with Crippen LogP contribution < -0.4 is 4.74 Å². The SMILES string of the molecule is CCOc1cc(C(=O)N2CC3CCC(C2)OC3)ccc1C(=O)O. The second kappa shape index (κ2) is 6.58. The first kappa shape index (κ1) is 15.8. The standard InChI is InChI=1S/C17H21NO5/c1-2-22-15-7-12(4-6-14(15)17(20)21)16(19)18-8-11-3-5-13(9-18)23-10-11/h4,6-7,11,13H,2-3,5,8-10H2,1H3,(H,20,21). The molecule has 3 aliphatic heterocycles. The van der Waals surface area contributed by atoms with Gasteiger partial charge in [0.25, 0.3) is 5.91 Å². The topological polar surface area (TPSA) is 76.1 Å². The van der Waals surface area contributed by atoms with E-state index >= 15 is 0 Å². The van der Waals surface area contributed by atoms with Crippen LogP contribution in [0.1, 0.15) is 40.5 Å². The molecule has 3 aliphatic rings. The van der Waals surface area contributed by atoms with Crippen LogP contribution in [0.5, 0.6) is 5.75 Å². The molecule has 1 amide bonds. The van der Waals surface area contributed by atoms with Crippen molar-refractivity contribution in [3.05, 3.63) is 29.3 Å². The Kier molecular flexibility index (Phi) is 4.52. The predicted octanol–water partition coefficient (Wildman–Crippen LogP) is 2.03. The molecule has 3 saturated heterocycles. The molecule has 0 aromatic heterocycles. The number of rotatable bonds is 4. The first-order chi connectivity index (χ1) is 11.1. The van der Waals surface area contributed by atoms with Crippen molar-refractivity contribution in [1.82, 2.24) is 4.90 Å². The minimum absolute atomic E-state index is 0.0719. The van der Waals surface area contributed by atoms with Crippen molar-refractivity contribution in [3.8, 4) is 5.75 Å². The maximum atomic E-state index is 12.8. The zero-order chi connectivity index (χ0) is 16.4. The molecule has 0 radical (unpaired) electrons. The average molecular weight is 319 g/mol. The van der Waals surface area contributed by atoms with Gasteiger partial charge < -0.3 is 19.5 Å². The smallest absolute Gasteiger partial charge is 0.339 e. The fourth-order valence-electron chi connectivity index (χ4n) is 3.24. The average Bonchev–Trinajstić information content (AvgIpc) is 2.88. The summed E-state index contributed by atoms with van der Waals surface area (Å²) in [7, 11) is 0. The third kappa shape index (κ3) is 3.32. The molecule has 2 bridgehead atoms. The van der Waals surface area contributed by atoms with Crippen molar-refractivity contribution in [3.63, 3.8) is 0 Å². The van der Waals surface area contributed by atoms with Crippen LogP contribution in [0.4, 0.5) is 0 Å². The van der Waals surface area contributed by atoms with Gasteiger partial charge in [-0.25, -0.2) is 4.79 Å². The predicted molar refractivity (Wildman–Crippen MR) is 82.9 cm³/mol. The summed E-state index contributed by atoms with van der Waals surface area (Å²) in [6, 6.07) is 4.52. The summed E-state index contributed by atoms with van der Waals surface area (Å²) < 4.78 is 11.1. The number of hydrogen-bond acceptors (Lipinski definition) is 4. The van der Waals surface area contributed by atoms with E-state index in [0.717, 1.165) is 19.4 Å². The van der Waals surface area contributed by atoms with Gasteiger partial charge in [-0.2, -0.15) is 0 Å². The minimum atomic E-state index is -1.06. The molecule has 2 atom stereocenters. The molecular weight excluding hydrogens is 298 g/mol. The summed E-state index contributed by atoms with van der Waals surface area (Å²) in [6.45, 7) is 4.14. The Morgan fingerprint density at radius 2 is 2.17 bits per heavy atom. The second-order valence-electron chi connectivity index (χ2n) is 6.06. The number of carbonyl (C=O) groups is 2. The van der Waals surface area contributed by atoms with Crippen LogP contribution in [-0.4, -0.2) is 54.3 Å². The van der Waals surface area contributed by atoms with Gasteiger partial charge in [0, 0.05) is 24.6 Å². The zero-order valence-corrected chi connectivity index (χ0v) is 13.2. The molecular formula is C17H21NO5. The van der Waals surface area contributed by atoms with Crippen LogP contribution in [0.15, 0.2) is 18.2 Å². The molecule has 0 aliphatic carbocycles. The van der Waals surface area contributed by atoms with Gasteiger partial charge in [-0.05, 0) is 38.0 Å². The van der Waals surface area contributed by atoms with Crippen molar-refractivity contribution in [2.45, 2.75) is 25.9 Å². The highest BCUT2D eigenvalue weighted by Crippen LogP contribution is 2.27. The fourth-order valence-corrected chi connectivity index (χ4v) is 3.24. The van der Waals surface area contributed by atoms with Gasteiger partial charge in [0.1, 0.15) is 11.3 Å². The van der Waals surface area contributed by atoms with Crippen molar-refractivity contribution >= 4 is 11.9 Å². The molecule has 1 aromatic carbocycles. The highest BCUT2D eigenvalue weighted by atomic mass is 16.5. The quantitative estimate of drug-likeness (QED) is 0.919. The van der Waals surface area contributed by atoms with Gasteiger partial charge in [0.2, 0.25) is 0 Å².